The summed E-state index contributed by atoms with van der Waals surface area (Å²) in [6.45, 7) is 4.60. The van der Waals surface area contributed by atoms with Crippen LogP contribution in [0.4, 0.5) is 5.69 Å². The van der Waals surface area contributed by atoms with Gasteiger partial charge in [-0.15, -0.1) is 0 Å². The minimum atomic E-state index is 0.0275. The van der Waals surface area contributed by atoms with Crippen LogP contribution in [0, 0.1) is 17.8 Å². The van der Waals surface area contributed by atoms with Gasteiger partial charge >= 0.3 is 0 Å². The molecule has 6 nitrogen and oxygen atoms in total. The SMILES string of the molecule is O=C(NCCN1CCc2ccccc21)C1CCC(CNC(=O)[C@@H]2CCOC2)CC1. The number of benzene rings is 1. The summed E-state index contributed by atoms with van der Waals surface area (Å²) >= 11 is 0. The zero-order valence-electron chi connectivity index (χ0n) is 17.2. The summed E-state index contributed by atoms with van der Waals surface area (Å²) in [7, 11) is 0. The van der Waals surface area contributed by atoms with Gasteiger partial charge in [-0.1, -0.05) is 18.2 Å². The van der Waals surface area contributed by atoms with Crippen molar-refractivity contribution in [1.29, 1.82) is 0 Å². The summed E-state index contributed by atoms with van der Waals surface area (Å²) in [4.78, 5) is 27.0. The Kier molecular flexibility index (Phi) is 6.70. The van der Waals surface area contributed by atoms with E-state index >= 15 is 0 Å². The van der Waals surface area contributed by atoms with Gasteiger partial charge in [0.2, 0.25) is 11.8 Å². The molecule has 1 aromatic carbocycles. The molecule has 0 aromatic heterocycles. The Bertz CT molecular complexity index is 709. The Balaban J connectivity index is 1.12. The molecule has 0 spiro atoms. The van der Waals surface area contributed by atoms with Crippen molar-refractivity contribution >= 4 is 17.5 Å². The van der Waals surface area contributed by atoms with E-state index in [1.807, 2.05) is 0 Å². The quantitative estimate of drug-likeness (QED) is 0.737. The molecule has 0 bridgehead atoms. The molecular formula is C23H33N3O3. The largest absolute Gasteiger partial charge is 0.381 e. The van der Waals surface area contributed by atoms with Crippen molar-refractivity contribution in [1.82, 2.24) is 10.6 Å². The fraction of sp³-hybridized carbons (Fsp3) is 0.652. The highest BCUT2D eigenvalue weighted by atomic mass is 16.5. The van der Waals surface area contributed by atoms with E-state index in [1.54, 1.807) is 0 Å². The molecular weight excluding hydrogens is 366 g/mol. The van der Waals surface area contributed by atoms with Gasteiger partial charge < -0.3 is 20.3 Å². The van der Waals surface area contributed by atoms with Gasteiger partial charge in [-0.05, 0) is 56.1 Å². The number of hydrogen-bond acceptors (Lipinski definition) is 4. The molecule has 6 heteroatoms. The van der Waals surface area contributed by atoms with Crippen LogP contribution in [0.5, 0.6) is 0 Å². The lowest BCUT2D eigenvalue weighted by molar-refractivity contribution is -0.127. The number of nitrogens with one attached hydrogen (secondary N) is 2. The fourth-order valence-electron chi connectivity index (χ4n) is 4.86. The molecule has 1 aliphatic carbocycles. The average Bonchev–Trinajstić information content (AvgIpc) is 3.43. The Hall–Kier alpha value is -2.08. The van der Waals surface area contributed by atoms with E-state index < -0.39 is 0 Å². The van der Waals surface area contributed by atoms with Gasteiger partial charge in [0, 0.05) is 44.4 Å². The van der Waals surface area contributed by atoms with E-state index in [0.29, 0.717) is 25.7 Å². The second-order valence-electron chi connectivity index (χ2n) is 8.68. The third-order valence-corrected chi connectivity index (χ3v) is 6.75. The predicted octanol–water partition coefficient (Wildman–Crippen LogP) is 2.12. The second kappa shape index (κ2) is 9.61. The summed E-state index contributed by atoms with van der Waals surface area (Å²) in [6.07, 6.45) is 5.80. The van der Waals surface area contributed by atoms with Gasteiger partial charge in [0.25, 0.3) is 0 Å². The second-order valence-corrected chi connectivity index (χ2v) is 8.68. The van der Waals surface area contributed by atoms with Crippen LogP contribution < -0.4 is 15.5 Å². The third-order valence-electron chi connectivity index (χ3n) is 6.75. The highest BCUT2D eigenvalue weighted by molar-refractivity contribution is 5.79. The zero-order chi connectivity index (χ0) is 20.1. The van der Waals surface area contributed by atoms with E-state index in [9.17, 15) is 9.59 Å². The van der Waals surface area contributed by atoms with Crippen LogP contribution in [0.1, 0.15) is 37.7 Å². The first-order valence-corrected chi connectivity index (χ1v) is 11.2. The molecule has 1 atom stereocenters. The summed E-state index contributed by atoms with van der Waals surface area (Å²) < 4.78 is 5.28. The summed E-state index contributed by atoms with van der Waals surface area (Å²) in [6, 6.07) is 8.54. The summed E-state index contributed by atoms with van der Waals surface area (Å²) in [5.41, 5.74) is 2.72. The molecule has 4 rings (SSSR count). The lowest BCUT2D eigenvalue weighted by atomic mass is 9.81. The lowest BCUT2D eigenvalue weighted by Gasteiger charge is -2.28. The molecule has 1 saturated carbocycles. The molecule has 0 radical (unpaired) electrons. The van der Waals surface area contributed by atoms with Crippen molar-refractivity contribution < 1.29 is 14.3 Å². The number of carbonyl (C=O) groups excluding carboxylic acids is 2. The van der Waals surface area contributed by atoms with Crippen molar-refractivity contribution in [2.45, 2.75) is 38.5 Å². The first-order valence-electron chi connectivity index (χ1n) is 11.2. The summed E-state index contributed by atoms with van der Waals surface area (Å²) in [5, 5.41) is 6.24. The molecule has 1 aromatic rings. The molecule has 2 aliphatic heterocycles. The van der Waals surface area contributed by atoms with Gasteiger partial charge in [0.05, 0.1) is 12.5 Å². The van der Waals surface area contributed by atoms with Gasteiger partial charge in [0.1, 0.15) is 0 Å². The van der Waals surface area contributed by atoms with Gasteiger partial charge in [-0.3, -0.25) is 9.59 Å². The topological polar surface area (TPSA) is 70.7 Å². The lowest BCUT2D eigenvalue weighted by Crippen LogP contribution is -2.40. The molecule has 2 heterocycles. The van der Waals surface area contributed by atoms with E-state index in [1.165, 1.54) is 11.3 Å². The third kappa shape index (κ3) is 5.10. The van der Waals surface area contributed by atoms with Crippen LogP contribution >= 0.6 is 0 Å². The maximum atomic E-state index is 12.6. The van der Waals surface area contributed by atoms with E-state index in [2.05, 4.69) is 39.8 Å². The smallest absolute Gasteiger partial charge is 0.225 e. The molecule has 3 aliphatic rings. The van der Waals surface area contributed by atoms with Crippen LogP contribution in [0.15, 0.2) is 24.3 Å². The normalized spacial score (nSPS) is 26.2. The molecule has 2 amide bonds. The van der Waals surface area contributed by atoms with Gasteiger partial charge in [-0.2, -0.15) is 0 Å². The van der Waals surface area contributed by atoms with Crippen molar-refractivity contribution in [3.8, 4) is 0 Å². The number of fused-ring (bicyclic) bond motifs is 1. The number of amides is 2. The van der Waals surface area contributed by atoms with Crippen LogP contribution in [0.3, 0.4) is 0 Å². The van der Waals surface area contributed by atoms with E-state index in [-0.39, 0.29) is 23.7 Å². The highest BCUT2D eigenvalue weighted by Crippen LogP contribution is 2.29. The first kappa shape index (κ1) is 20.2. The maximum absolute atomic E-state index is 12.6. The average molecular weight is 400 g/mol. The number of hydrogen-bond donors (Lipinski definition) is 2. The van der Waals surface area contributed by atoms with Crippen LogP contribution in [-0.2, 0) is 20.7 Å². The highest BCUT2D eigenvalue weighted by Gasteiger charge is 2.28. The summed E-state index contributed by atoms with van der Waals surface area (Å²) in [5.74, 6) is 0.969. The van der Waals surface area contributed by atoms with Gasteiger partial charge in [0.15, 0.2) is 0 Å². The Labute approximate surface area is 173 Å². The number of rotatable bonds is 7. The molecule has 0 unspecified atom stereocenters. The maximum Gasteiger partial charge on any atom is 0.225 e. The van der Waals surface area contributed by atoms with Crippen LogP contribution in [0.2, 0.25) is 0 Å². The molecule has 2 fully saturated rings. The van der Waals surface area contributed by atoms with E-state index in [0.717, 1.165) is 58.2 Å². The van der Waals surface area contributed by atoms with E-state index in [4.69, 9.17) is 4.74 Å². The number of carbonyl (C=O) groups is 2. The van der Waals surface area contributed by atoms with Crippen LogP contribution in [0.25, 0.3) is 0 Å². The minimum Gasteiger partial charge on any atom is -0.381 e. The van der Waals surface area contributed by atoms with Crippen molar-refractivity contribution in [2.75, 3.05) is 44.3 Å². The number of anilines is 1. The van der Waals surface area contributed by atoms with Crippen molar-refractivity contribution in [2.24, 2.45) is 17.8 Å². The standard InChI is InChI=1S/C23H33N3O3/c27-22(24-11-13-26-12-9-18-3-1-2-4-21(18)26)19-7-5-17(6-8-19)15-25-23(28)20-10-14-29-16-20/h1-4,17,19-20H,5-16H2,(H,24,27)(H,25,28)/t17?,19?,20-/m1/s1. The van der Waals surface area contributed by atoms with Gasteiger partial charge in [-0.25, -0.2) is 0 Å². The Morgan fingerprint density at radius 1 is 1.00 bits per heavy atom. The number of para-hydroxylation sites is 1. The fourth-order valence-corrected chi connectivity index (χ4v) is 4.86. The number of nitrogens with zero attached hydrogens (tertiary/aromatic N) is 1. The van der Waals surface area contributed by atoms with Crippen molar-refractivity contribution in [3.63, 3.8) is 0 Å². The monoisotopic (exact) mass is 399 g/mol. The van der Waals surface area contributed by atoms with Crippen LogP contribution in [-0.4, -0.2) is 51.2 Å². The minimum absolute atomic E-state index is 0.0275. The Morgan fingerprint density at radius 2 is 1.79 bits per heavy atom. The molecule has 158 valence electrons. The molecule has 2 N–H and O–H groups in total. The van der Waals surface area contributed by atoms with Crippen molar-refractivity contribution in [3.05, 3.63) is 29.8 Å². The number of ether oxygens (including phenoxy) is 1. The Morgan fingerprint density at radius 3 is 2.59 bits per heavy atom. The first-order chi connectivity index (χ1) is 14.2. The predicted molar refractivity (Wildman–Crippen MR) is 113 cm³/mol. The zero-order valence-corrected chi connectivity index (χ0v) is 17.2. The molecule has 29 heavy (non-hydrogen) atoms. The molecule has 1 saturated heterocycles.